The Morgan fingerprint density at radius 1 is 0.328 bits per heavy atom. The summed E-state index contributed by atoms with van der Waals surface area (Å²) in [5, 5.41) is 0. The molecule has 6 heteroatoms. The van der Waals surface area contributed by atoms with Crippen LogP contribution in [0.5, 0.6) is 0 Å². The quantitative estimate of drug-likeness (QED) is 0.0262. The lowest BCUT2D eigenvalue weighted by atomic mass is 10.0. The number of esters is 3. The first-order valence-corrected chi connectivity index (χ1v) is 26.5. The molecule has 0 aliphatic carbocycles. The molecule has 0 rings (SSSR count). The zero-order valence-corrected chi connectivity index (χ0v) is 40.7. The molecular formula is C55H100O6. The third-order valence-electron chi connectivity index (χ3n) is 11.6. The van der Waals surface area contributed by atoms with Gasteiger partial charge in [0.2, 0.25) is 0 Å². The van der Waals surface area contributed by atoms with Gasteiger partial charge in [-0.25, -0.2) is 0 Å². The fourth-order valence-corrected chi connectivity index (χ4v) is 7.63. The van der Waals surface area contributed by atoms with Crippen molar-refractivity contribution in [2.75, 3.05) is 13.2 Å². The predicted molar refractivity (Wildman–Crippen MR) is 261 cm³/mol. The summed E-state index contributed by atoms with van der Waals surface area (Å²) in [6, 6.07) is 0. The zero-order valence-electron chi connectivity index (χ0n) is 40.7. The Balaban J connectivity index is 4.02. The number of ether oxygens (including phenoxy) is 3. The van der Waals surface area contributed by atoms with E-state index < -0.39 is 6.10 Å². The van der Waals surface area contributed by atoms with Crippen LogP contribution in [0.3, 0.4) is 0 Å². The minimum absolute atomic E-state index is 0.0692. The number of hydrogen-bond donors (Lipinski definition) is 0. The van der Waals surface area contributed by atoms with Crippen molar-refractivity contribution in [3.05, 3.63) is 36.5 Å². The molecule has 0 fully saturated rings. The van der Waals surface area contributed by atoms with Crippen molar-refractivity contribution in [2.24, 2.45) is 0 Å². The number of unbranched alkanes of at least 4 members (excludes halogenated alkanes) is 31. The van der Waals surface area contributed by atoms with Crippen LogP contribution in [-0.4, -0.2) is 37.2 Å². The standard InChI is InChI=1S/C55H100O6/c1-4-7-10-13-16-19-20-21-22-23-24-25-26-27-28-29-30-31-32-33-34-35-36-37-40-42-45-48-54(57)60-51-52(61-55(58)49-46-43-39-18-15-12-9-6-3)50-59-53(56)47-44-41-38-17-14-11-8-5-2/h20-21,23-24,26-27,52H,4-19,22,25,28-51H2,1-3H3/b21-20-,24-23-,27-26-. The van der Waals surface area contributed by atoms with Gasteiger partial charge < -0.3 is 14.2 Å². The SMILES string of the molecule is CCCCCCC/C=C\C/C=C\C/C=C\CCCCCCCCCCCCCCC(=O)OCC(COC(=O)CCCCCCCCCC)OC(=O)CCCCCCCCCC. The Hall–Kier alpha value is -2.37. The smallest absolute Gasteiger partial charge is 0.306 e. The number of carbonyl (C=O) groups excluding carboxylic acids is 3. The summed E-state index contributed by atoms with van der Waals surface area (Å²) in [5.74, 6) is -0.872. The molecule has 0 saturated carbocycles. The lowest BCUT2D eigenvalue weighted by molar-refractivity contribution is -0.167. The molecule has 0 aliphatic rings. The first kappa shape index (κ1) is 58.6. The molecule has 0 N–H and O–H groups in total. The average Bonchev–Trinajstić information content (AvgIpc) is 3.26. The molecule has 0 aromatic carbocycles. The van der Waals surface area contributed by atoms with Gasteiger partial charge in [-0.3, -0.25) is 14.4 Å². The third kappa shape index (κ3) is 48.5. The van der Waals surface area contributed by atoms with E-state index in [1.807, 2.05) is 0 Å². The van der Waals surface area contributed by atoms with Crippen molar-refractivity contribution in [3.8, 4) is 0 Å². The van der Waals surface area contributed by atoms with E-state index in [1.165, 1.54) is 167 Å². The maximum absolute atomic E-state index is 12.7. The number of hydrogen-bond acceptors (Lipinski definition) is 6. The lowest BCUT2D eigenvalue weighted by Crippen LogP contribution is -2.30. The highest BCUT2D eigenvalue weighted by Crippen LogP contribution is 2.15. The largest absolute Gasteiger partial charge is 0.462 e. The fourth-order valence-electron chi connectivity index (χ4n) is 7.63. The van der Waals surface area contributed by atoms with Gasteiger partial charge >= 0.3 is 17.9 Å². The minimum atomic E-state index is -0.764. The Kier molecular flexibility index (Phi) is 48.3. The fraction of sp³-hybridized carbons (Fsp3) is 0.836. The molecule has 61 heavy (non-hydrogen) atoms. The van der Waals surface area contributed by atoms with Crippen LogP contribution in [0.15, 0.2) is 36.5 Å². The molecule has 0 aliphatic heterocycles. The second kappa shape index (κ2) is 50.3. The summed E-state index contributed by atoms with van der Waals surface area (Å²) in [4.78, 5) is 37.7. The van der Waals surface area contributed by atoms with E-state index in [9.17, 15) is 14.4 Å². The second-order valence-electron chi connectivity index (χ2n) is 17.8. The van der Waals surface area contributed by atoms with Gasteiger partial charge in [0.25, 0.3) is 0 Å². The van der Waals surface area contributed by atoms with Crippen LogP contribution in [0.4, 0.5) is 0 Å². The first-order valence-electron chi connectivity index (χ1n) is 26.5. The van der Waals surface area contributed by atoms with Gasteiger partial charge in [0.05, 0.1) is 0 Å². The molecule has 0 aromatic rings. The van der Waals surface area contributed by atoms with Gasteiger partial charge in [0.1, 0.15) is 13.2 Å². The van der Waals surface area contributed by atoms with Crippen LogP contribution in [-0.2, 0) is 28.6 Å². The van der Waals surface area contributed by atoms with Gasteiger partial charge in [-0.05, 0) is 57.8 Å². The van der Waals surface area contributed by atoms with Crippen LogP contribution in [0.25, 0.3) is 0 Å². The van der Waals surface area contributed by atoms with E-state index in [-0.39, 0.29) is 31.1 Å². The van der Waals surface area contributed by atoms with E-state index in [0.717, 1.165) is 70.6 Å². The molecular weight excluding hydrogens is 757 g/mol. The lowest BCUT2D eigenvalue weighted by Gasteiger charge is -2.18. The topological polar surface area (TPSA) is 78.9 Å². The zero-order chi connectivity index (χ0) is 44.4. The molecule has 0 aromatic heterocycles. The summed E-state index contributed by atoms with van der Waals surface area (Å²) in [6.07, 6.45) is 58.8. The maximum atomic E-state index is 12.7. The molecule has 0 bridgehead atoms. The molecule has 0 spiro atoms. The average molecular weight is 857 g/mol. The third-order valence-corrected chi connectivity index (χ3v) is 11.6. The van der Waals surface area contributed by atoms with Gasteiger partial charge in [-0.15, -0.1) is 0 Å². The van der Waals surface area contributed by atoms with Gasteiger partial charge in [0.15, 0.2) is 6.10 Å². The summed E-state index contributed by atoms with van der Waals surface area (Å²) in [5.41, 5.74) is 0. The monoisotopic (exact) mass is 857 g/mol. The Bertz CT molecular complexity index is 1030. The molecule has 0 saturated heterocycles. The summed E-state index contributed by atoms with van der Waals surface area (Å²) in [6.45, 7) is 6.58. The van der Waals surface area contributed by atoms with Crippen molar-refractivity contribution in [1.29, 1.82) is 0 Å². The van der Waals surface area contributed by atoms with E-state index >= 15 is 0 Å². The van der Waals surface area contributed by atoms with Crippen molar-refractivity contribution in [2.45, 2.75) is 284 Å². The molecule has 0 radical (unpaired) electrons. The van der Waals surface area contributed by atoms with E-state index in [4.69, 9.17) is 14.2 Å². The summed E-state index contributed by atoms with van der Waals surface area (Å²) < 4.78 is 16.7. The maximum Gasteiger partial charge on any atom is 0.306 e. The van der Waals surface area contributed by atoms with Gasteiger partial charge in [0, 0.05) is 19.3 Å². The Morgan fingerprint density at radius 3 is 0.918 bits per heavy atom. The molecule has 6 nitrogen and oxygen atoms in total. The van der Waals surface area contributed by atoms with Gasteiger partial charge in [-0.1, -0.05) is 237 Å². The molecule has 0 heterocycles. The molecule has 0 amide bonds. The normalized spacial score (nSPS) is 12.2. The molecule has 1 atom stereocenters. The van der Waals surface area contributed by atoms with Gasteiger partial charge in [-0.2, -0.15) is 0 Å². The predicted octanol–water partition coefficient (Wildman–Crippen LogP) is 17.3. The van der Waals surface area contributed by atoms with Crippen LogP contribution in [0, 0.1) is 0 Å². The second-order valence-corrected chi connectivity index (χ2v) is 17.8. The molecule has 1 unspecified atom stereocenters. The van der Waals surface area contributed by atoms with Crippen LogP contribution >= 0.6 is 0 Å². The summed E-state index contributed by atoms with van der Waals surface area (Å²) in [7, 11) is 0. The number of allylic oxidation sites excluding steroid dienone is 6. The van der Waals surface area contributed by atoms with Crippen LogP contribution in [0.2, 0.25) is 0 Å². The van der Waals surface area contributed by atoms with Crippen LogP contribution in [0.1, 0.15) is 278 Å². The number of rotatable bonds is 48. The van der Waals surface area contributed by atoms with E-state index in [2.05, 4.69) is 57.2 Å². The van der Waals surface area contributed by atoms with Crippen molar-refractivity contribution in [3.63, 3.8) is 0 Å². The highest BCUT2D eigenvalue weighted by Gasteiger charge is 2.19. The number of carbonyl (C=O) groups is 3. The highest BCUT2D eigenvalue weighted by atomic mass is 16.6. The van der Waals surface area contributed by atoms with Crippen LogP contribution < -0.4 is 0 Å². The Morgan fingerprint density at radius 2 is 0.590 bits per heavy atom. The first-order chi connectivity index (χ1) is 30.0. The van der Waals surface area contributed by atoms with Crippen molar-refractivity contribution < 1.29 is 28.6 Å². The summed E-state index contributed by atoms with van der Waals surface area (Å²) >= 11 is 0. The van der Waals surface area contributed by atoms with E-state index in [1.54, 1.807) is 0 Å². The van der Waals surface area contributed by atoms with E-state index in [0.29, 0.717) is 19.3 Å². The van der Waals surface area contributed by atoms with Crippen molar-refractivity contribution in [1.82, 2.24) is 0 Å². The molecule has 356 valence electrons. The highest BCUT2D eigenvalue weighted by molar-refractivity contribution is 5.71. The Labute approximate surface area is 378 Å². The minimum Gasteiger partial charge on any atom is -0.462 e. The van der Waals surface area contributed by atoms with Crippen molar-refractivity contribution >= 4 is 17.9 Å².